The zero-order valence-corrected chi connectivity index (χ0v) is 26.5. The molecule has 13 heteroatoms. The number of amides is 4. The Balaban J connectivity index is 1.21. The van der Waals surface area contributed by atoms with E-state index in [2.05, 4.69) is 10.6 Å². The number of nitrogens with one attached hydrogen (secondary N) is 2. The number of fused-ring (bicyclic) bond motifs is 3. The first-order valence-electron chi connectivity index (χ1n) is 16.4. The average molecular weight is 657 g/mol. The molecule has 2 saturated carbocycles. The molecule has 0 bridgehead atoms. The number of carboxylic acid groups (broad SMARTS) is 1. The molecule has 5 atom stereocenters. The van der Waals surface area contributed by atoms with Gasteiger partial charge in [-0.1, -0.05) is 48.7 Å². The maximum atomic E-state index is 14.1. The monoisotopic (exact) mass is 656 g/mol. The minimum absolute atomic E-state index is 0.0136. The van der Waals surface area contributed by atoms with Gasteiger partial charge < -0.3 is 30.1 Å². The van der Waals surface area contributed by atoms with E-state index >= 15 is 0 Å². The summed E-state index contributed by atoms with van der Waals surface area (Å²) in [6.45, 7) is 0.515. The van der Waals surface area contributed by atoms with Crippen LogP contribution in [0, 0.1) is 5.92 Å². The number of carboxylic acids is 1. The van der Waals surface area contributed by atoms with Crippen molar-refractivity contribution in [3.8, 4) is 0 Å². The lowest BCUT2D eigenvalue weighted by atomic mass is 10.0. The quantitative estimate of drug-likeness (QED) is 0.406. The molecule has 5 aliphatic rings. The number of aliphatic carboxylic acids is 1. The normalized spacial score (nSPS) is 30.6. The van der Waals surface area contributed by atoms with E-state index in [0.29, 0.717) is 24.4 Å². The van der Waals surface area contributed by atoms with E-state index in [1.807, 2.05) is 24.3 Å². The predicted octanol–water partition coefficient (Wildman–Crippen LogP) is 4.28. The summed E-state index contributed by atoms with van der Waals surface area (Å²) in [5, 5.41) is 16.1. The first kappa shape index (κ1) is 32.2. The third-order valence-corrected chi connectivity index (χ3v) is 10.3. The second kappa shape index (κ2) is 13.5. The third kappa shape index (κ3) is 6.82. The summed E-state index contributed by atoms with van der Waals surface area (Å²) in [7, 11) is 0. The molecule has 3 N–H and O–H groups in total. The zero-order chi connectivity index (χ0) is 32.4. The molecule has 0 aromatic heterocycles. The van der Waals surface area contributed by atoms with E-state index < -0.39 is 53.7 Å². The van der Waals surface area contributed by atoms with Gasteiger partial charge in [-0.2, -0.15) is 0 Å². The number of alkyl carbamates (subject to hydrolysis) is 1. The van der Waals surface area contributed by atoms with Gasteiger partial charge >= 0.3 is 18.2 Å². The Morgan fingerprint density at radius 3 is 2.54 bits per heavy atom. The minimum Gasteiger partial charge on any atom is -0.479 e. The number of halogens is 1. The number of hydrogen-bond donors (Lipinski definition) is 3. The van der Waals surface area contributed by atoms with Crippen molar-refractivity contribution in [2.75, 3.05) is 6.54 Å². The first-order chi connectivity index (χ1) is 22.1. The third-order valence-electron chi connectivity index (χ3n) is 9.94. The van der Waals surface area contributed by atoms with Crippen LogP contribution in [0.25, 0.3) is 0 Å². The highest BCUT2D eigenvalue weighted by Gasteiger charge is 2.61. The van der Waals surface area contributed by atoms with E-state index in [4.69, 9.17) is 21.1 Å². The summed E-state index contributed by atoms with van der Waals surface area (Å²) in [4.78, 5) is 69.3. The molecule has 1 aromatic rings. The van der Waals surface area contributed by atoms with Gasteiger partial charge in [-0.15, -0.1) is 0 Å². The van der Waals surface area contributed by atoms with Gasteiger partial charge in [0.1, 0.15) is 29.8 Å². The summed E-state index contributed by atoms with van der Waals surface area (Å²) in [6.07, 6.45) is 8.62. The van der Waals surface area contributed by atoms with Crippen molar-refractivity contribution in [3.63, 3.8) is 0 Å². The number of carbonyl (C=O) groups is 5. The van der Waals surface area contributed by atoms with Crippen molar-refractivity contribution in [1.82, 2.24) is 20.4 Å². The molecular formula is C33H41ClN4O8. The lowest BCUT2D eigenvalue weighted by Crippen LogP contribution is -2.56. The van der Waals surface area contributed by atoms with Crippen LogP contribution in [0.2, 0.25) is 5.02 Å². The molecule has 2 aliphatic carbocycles. The van der Waals surface area contributed by atoms with Crippen LogP contribution in [-0.4, -0.2) is 81.3 Å². The molecule has 6 rings (SSSR count). The Kier molecular flexibility index (Phi) is 9.44. The molecule has 0 radical (unpaired) electrons. The van der Waals surface area contributed by atoms with Gasteiger partial charge in [0.15, 0.2) is 0 Å². The first-order valence-corrected chi connectivity index (χ1v) is 16.7. The Morgan fingerprint density at radius 1 is 1.00 bits per heavy atom. The standard InChI is InChI=1S/C33H41ClN4O8/c34-25-13-8-9-20-17-37(19-24(20)25)32(44)46-23-15-27-28(39)36-33(30(41)42)16-21(33)10-4-2-1-3-5-14-26(29(40)38(27)18-23)35-31(43)45-22-11-6-7-12-22/h4,8-10,13,21-23,26-27H,1-3,5-7,11-12,14-19H2,(H,35,43)(H,36,39)(H,41,42)/b10-4-/t21-,23+,26-,27-,33+/m0/s1. The summed E-state index contributed by atoms with van der Waals surface area (Å²) >= 11 is 6.33. The van der Waals surface area contributed by atoms with Gasteiger partial charge in [-0.05, 0) is 68.6 Å². The molecule has 1 saturated heterocycles. The summed E-state index contributed by atoms with van der Waals surface area (Å²) < 4.78 is 11.4. The van der Waals surface area contributed by atoms with E-state index in [-0.39, 0.29) is 38.0 Å². The van der Waals surface area contributed by atoms with Crippen molar-refractivity contribution in [2.24, 2.45) is 5.92 Å². The van der Waals surface area contributed by atoms with Crippen LogP contribution in [0.5, 0.6) is 0 Å². The van der Waals surface area contributed by atoms with E-state index in [9.17, 15) is 29.1 Å². The lowest BCUT2D eigenvalue weighted by Gasteiger charge is -2.29. The van der Waals surface area contributed by atoms with E-state index in [1.165, 1.54) is 9.80 Å². The molecule has 248 valence electrons. The molecule has 46 heavy (non-hydrogen) atoms. The molecule has 4 amide bonds. The van der Waals surface area contributed by atoms with Gasteiger partial charge in [0.25, 0.3) is 0 Å². The molecule has 3 heterocycles. The number of benzene rings is 1. The molecule has 1 aromatic carbocycles. The second-order valence-electron chi connectivity index (χ2n) is 13.1. The SMILES string of the molecule is O=C(N[C@H]1CCCCC/C=C\[C@H]2C[C@@]2(C(=O)O)NC(=O)[C@@H]2C[C@@H](OC(=O)N3Cc4cccc(Cl)c4C3)CN2C1=O)OC1CCCC1. The number of nitrogens with zero attached hydrogens (tertiary/aromatic N) is 2. The van der Waals surface area contributed by atoms with Crippen molar-refractivity contribution < 1.29 is 38.6 Å². The van der Waals surface area contributed by atoms with Crippen molar-refractivity contribution in [3.05, 3.63) is 46.5 Å². The molecule has 12 nitrogen and oxygen atoms in total. The number of rotatable bonds is 4. The highest BCUT2D eigenvalue weighted by atomic mass is 35.5. The Labute approximate surface area is 272 Å². The topological polar surface area (TPSA) is 155 Å². The number of ether oxygens (including phenoxy) is 2. The summed E-state index contributed by atoms with van der Waals surface area (Å²) in [5.41, 5.74) is 0.310. The predicted molar refractivity (Wildman–Crippen MR) is 166 cm³/mol. The Hall–Kier alpha value is -3.80. The fraction of sp³-hybridized carbons (Fsp3) is 0.606. The Morgan fingerprint density at radius 2 is 1.78 bits per heavy atom. The molecule has 3 fully saturated rings. The Bertz CT molecular complexity index is 1410. The highest BCUT2D eigenvalue weighted by Crippen LogP contribution is 2.45. The van der Waals surface area contributed by atoms with Gasteiger partial charge in [0.2, 0.25) is 11.8 Å². The molecular weight excluding hydrogens is 616 g/mol. The number of allylic oxidation sites excluding steroid dienone is 1. The van der Waals surface area contributed by atoms with Crippen LogP contribution >= 0.6 is 11.6 Å². The van der Waals surface area contributed by atoms with Crippen LogP contribution in [0.15, 0.2) is 30.4 Å². The van der Waals surface area contributed by atoms with Crippen LogP contribution in [0.3, 0.4) is 0 Å². The lowest BCUT2D eigenvalue weighted by molar-refractivity contribution is -0.145. The smallest absolute Gasteiger partial charge is 0.410 e. The van der Waals surface area contributed by atoms with Crippen molar-refractivity contribution in [1.29, 1.82) is 0 Å². The van der Waals surface area contributed by atoms with E-state index in [1.54, 1.807) is 6.07 Å². The summed E-state index contributed by atoms with van der Waals surface area (Å²) in [5.74, 6) is -2.62. The maximum Gasteiger partial charge on any atom is 0.410 e. The van der Waals surface area contributed by atoms with Crippen LogP contribution < -0.4 is 10.6 Å². The fourth-order valence-corrected chi connectivity index (χ4v) is 7.46. The number of hydrogen-bond acceptors (Lipinski definition) is 7. The summed E-state index contributed by atoms with van der Waals surface area (Å²) in [6, 6.07) is 3.42. The maximum absolute atomic E-state index is 14.1. The van der Waals surface area contributed by atoms with Gasteiger partial charge in [-0.3, -0.25) is 14.5 Å². The average Bonchev–Trinajstić information content (AvgIpc) is 3.45. The molecule has 0 spiro atoms. The van der Waals surface area contributed by atoms with Crippen molar-refractivity contribution >= 4 is 41.6 Å². The molecule has 3 aliphatic heterocycles. The van der Waals surface area contributed by atoms with E-state index in [0.717, 1.165) is 56.1 Å². The second-order valence-corrected chi connectivity index (χ2v) is 13.5. The molecule has 0 unspecified atom stereocenters. The largest absolute Gasteiger partial charge is 0.479 e. The van der Waals surface area contributed by atoms with Crippen LogP contribution in [-0.2, 0) is 36.9 Å². The van der Waals surface area contributed by atoms with Gasteiger partial charge in [0.05, 0.1) is 13.1 Å². The zero-order valence-electron chi connectivity index (χ0n) is 25.8. The highest BCUT2D eigenvalue weighted by molar-refractivity contribution is 6.31. The van der Waals surface area contributed by atoms with Gasteiger partial charge in [-0.25, -0.2) is 14.4 Å². The van der Waals surface area contributed by atoms with Crippen LogP contribution in [0.4, 0.5) is 9.59 Å². The van der Waals surface area contributed by atoms with Crippen LogP contribution in [0.1, 0.15) is 81.8 Å². The number of carbonyl (C=O) groups excluding carboxylic acids is 4. The minimum atomic E-state index is -1.46. The fourth-order valence-electron chi connectivity index (χ4n) is 7.21. The van der Waals surface area contributed by atoms with Crippen molar-refractivity contribution in [2.45, 2.75) is 114 Å². The van der Waals surface area contributed by atoms with Gasteiger partial charge in [0, 0.05) is 23.9 Å².